The Balaban J connectivity index is 1.61. The molecule has 0 bridgehead atoms. The molecule has 0 atom stereocenters. The van der Waals surface area contributed by atoms with Crippen molar-refractivity contribution in [3.8, 4) is 11.1 Å². The number of nitrogens with zero attached hydrogens (tertiary/aromatic N) is 1. The number of hydrogen-bond donors (Lipinski definition) is 0. The molecule has 34 heavy (non-hydrogen) atoms. The monoisotopic (exact) mass is 495 g/mol. The van der Waals surface area contributed by atoms with Crippen LogP contribution in [0.5, 0.6) is 0 Å². The maximum absolute atomic E-state index is 6.38. The molecule has 0 saturated heterocycles. The van der Waals surface area contributed by atoms with E-state index in [1.807, 2.05) is 35.6 Å². The number of para-hydroxylation sites is 2. The van der Waals surface area contributed by atoms with E-state index in [9.17, 15) is 0 Å². The van der Waals surface area contributed by atoms with Crippen LogP contribution in [0.2, 0.25) is 10.0 Å². The van der Waals surface area contributed by atoms with Gasteiger partial charge in [-0.3, -0.25) is 0 Å². The van der Waals surface area contributed by atoms with Crippen molar-refractivity contribution in [1.29, 1.82) is 0 Å². The third-order valence-electron chi connectivity index (χ3n) is 5.95. The van der Waals surface area contributed by atoms with Gasteiger partial charge in [0, 0.05) is 47.2 Å². The van der Waals surface area contributed by atoms with Gasteiger partial charge in [-0.05, 0) is 66.2 Å². The third kappa shape index (κ3) is 3.84. The first kappa shape index (κ1) is 21.2. The van der Waals surface area contributed by atoms with Gasteiger partial charge in [0.15, 0.2) is 0 Å². The van der Waals surface area contributed by atoms with Gasteiger partial charge in [0.2, 0.25) is 0 Å². The molecule has 1 nitrogen and oxygen atoms in total. The molecule has 0 unspecified atom stereocenters. The van der Waals surface area contributed by atoms with Crippen molar-refractivity contribution in [2.75, 3.05) is 4.90 Å². The first-order chi connectivity index (χ1) is 16.7. The van der Waals surface area contributed by atoms with Gasteiger partial charge in [-0.1, -0.05) is 77.8 Å². The molecule has 5 aromatic carbocycles. The average Bonchev–Trinajstić information content (AvgIpc) is 3.23. The van der Waals surface area contributed by atoms with E-state index >= 15 is 0 Å². The summed E-state index contributed by atoms with van der Waals surface area (Å²) in [6.07, 6.45) is 0. The zero-order chi connectivity index (χ0) is 23.1. The molecule has 0 radical (unpaired) electrons. The Kier molecular flexibility index (Phi) is 5.50. The van der Waals surface area contributed by atoms with E-state index in [-0.39, 0.29) is 0 Å². The summed E-state index contributed by atoms with van der Waals surface area (Å²) in [5.41, 5.74) is 5.29. The van der Waals surface area contributed by atoms with Gasteiger partial charge in [-0.25, -0.2) is 0 Å². The molecule has 1 heterocycles. The zero-order valence-electron chi connectivity index (χ0n) is 18.1. The predicted molar refractivity (Wildman–Crippen MR) is 149 cm³/mol. The minimum Gasteiger partial charge on any atom is -0.310 e. The summed E-state index contributed by atoms with van der Waals surface area (Å²) >= 11 is 14.6. The fourth-order valence-corrected chi connectivity index (χ4v) is 6.09. The van der Waals surface area contributed by atoms with Crippen LogP contribution in [0, 0.1) is 0 Å². The lowest BCUT2D eigenvalue weighted by atomic mass is 10.0. The second-order valence-electron chi connectivity index (χ2n) is 8.12. The molecule has 6 rings (SSSR count). The van der Waals surface area contributed by atoms with Crippen LogP contribution in [0.25, 0.3) is 31.3 Å². The molecular formula is C30H19Cl2NS. The molecule has 6 aromatic rings. The molecular weight excluding hydrogens is 477 g/mol. The summed E-state index contributed by atoms with van der Waals surface area (Å²) in [4.78, 5) is 2.30. The highest BCUT2D eigenvalue weighted by molar-refractivity contribution is 7.25. The molecule has 0 amide bonds. The maximum atomic E-state index is 6.38. The van der Waals surface area contributed by atoms with Crippen molar-refractivity contribution in [2.24, 2.45) is 0 Å². The van der Waals surface area contributed by atoms with Crippen LogP contribution in [0.4, 0.5) is 17.1 Å². The molecule has 164 valence electrons. The highest BCUT2D eigenvalue weighted by atomic mass is 35.5. The van der Waals surface area contributed by atoms with Crippen LogP contribution < -0.4 is 4.90 Å². The number of benzene rings is 5. The Bertz CT molecular complexity index is 1620. The van der Waals surface area contributed by atoms with Gasteiger partial charge in [0.1, 0.15) is 0 Å². The van der Waals surface area contributed by atoms with Gasteiger partial charge in [0.05, 0.1) is 5.69 Å². The Morgan fingerprint density at radius 2 is 1.21 bits per heavy atom. The van der Waals surface area contributed by atoms with Gasteiger partial charge < -0.3 is 4.90 Å². The van der Waals surface area contributed by atoms with Crippen LogP contribution in [0.15, 0.2) is 115 Å². The number of rotatable bonds is 4. The molecule has 0 fully saturated rings. The van der Waals surface area contributed by atoms with Crippen LogP contribution >= 0.6 is 34.5 Å². The van der Waals surface area contributed by atoms with Crippen molar-refractivity contribution in [3.05, 3.63) is 125 Å². The van der Waals surface area contributed by atoms with Gasteiger partial charge >= 0.3 is 0 Å². The molecule has 0 saturated carbocycles. The number of halogens is 2. The predicted octanol–water partition coefficient (Wildman–Crippen LogP) is 10.5. The normalized spacial score (nSPS) is 11.2. The Morgan fingerprint density at radius 1 is 0.529 bits per heavy atom. The minimum absolute atomic E-state index is 0.620. The van der Waals surface area contributed by atoms with E-state index in [1.54, 1.807) is 6.07 Å². The zero-order valence-corrected chi connectivity index (χ0v) is 20.4. The SMILES string of the molecule is Clc1cc(Cl)cc(-c2ccccc2N(c2ccccc2)c2ccc3sc4ccccc4c3c2)c1. The van der Waals surface area contributed by atoms with E-state index in [1.165, 1.54) is 20.2 Å². The van der Waals surface area contributed by atoms with Gasteiger partial charge in [-0.15, -0.1) is 11.3 Å². The van der Waals surface area contributed by atoms with E-state index in [4.69, 9.17) is 23.2 Å². The van der Waals surface area contributed by atoms with Gasteiger partial charge in [-0.2, -0.15) is 0 Å². The van der Waals surface area contributed by atoms with Crippen molar-refractivity contribution >= 4 is 71.8 Å². The molecule has 0 spiro atoms. The Morgan fingerprint density at radius 3 is 2.03 bits per heavy atom. The smallest absolute Gasteiger partial charge is 0.0540 e. The summed E-state index contributed by atoms with van der Waals surface area (Å²) < 4.78 is 2.59. The summed E-state index contributed by atoms with van der Waals surface area (Å²) in [5.74, 6) is 0. The van der Waals surface area contributed by atoms with E-state index in [2.05, 4.69) is 89.8 Å². The summed E-state index contributed by atoms with van der Waals surface area (Å²) in [6, 6.07) is 39.8. The number of fused-ring (bicyclic) bond motifs is 3. The first-order valence-electron chi connectivity index (χ1n) is 11.0. The van der Waals surface area contributed by atoms with Crippen LogP contribution in [0.3, 0.4) is 0 Å². The second-order valence-corrected chi connectivity index (χ2v) is 10.1. The molecule has 4 heteroatoms. The quantitative estimate of drug-likeness (QED) is 0.235. The summed E-state index contributed by atoms with van der Waals surface area (Å²) in [7, 11) is 0. The van der Waals surface area contributed by atoms with E-state index < -0.39 is 0 Å². The van der Waals surface area contributed by atoms with Crippen LogP contribution in [-0.2, 0) is 0 Å². The lowest BCUT2D eigenvalue weighted by Gasteiger charge is -2.28. The number of hydrogen-bond acceptors (Lipinski definition) is 2. The second kappa shape index (κ2) is 8.81. The van der Waals surface area contributed by atoms with Crippen LogP contribution in [0.1, 0.15) is 0 Å². The van der Waals surface area contributed by atoms with Crippen LogP contribution in [-0.4, -0.2) is 0 Å². The van der Waals surface area contributed by atoms with E-state index in [0.29, 0.717) is 10.0 Å². The van der Waals surface area contributed by atoms with Gasteiger partial charge in [0.25, 0.3) is 0 Å². The molecule has 1 aromatic heterocycles. The largest absolute Gasteiger partial charge is 0.310 e. The average molecular weight is 496 g/mol. The van der Waals surface area contributed by atoms with Crippen molar-refractivity contribution in [1.82, 2.24) is 0 Å². The maximum Gasteiger partial charge on any atom is 0.0540 e. The lowest BCUT2D eigenvalue weighted by molar-refractivity contribution is 1.29. The lowest BCUT2D eigenvalue weighted by Crippen LogP contribution is -2.11. The summed E-state index contributed by atoms with van der Waals surface area (Å²) in [6.45, 7) is 0. The van der Waals surface area contributed by atoms with Crippen molar-refractivity contribution in [3.63, 3.8) is 0 Å². The minimum atomic E-state index is 0.620. The molecule has 0 aliphatic rings. The van der Waals surface area contributed by atoms with E-state index in [0.717, 1.165) is 28.2 Å². The van der Waals surface area contributed by atoms with Crippen molar-refractivity contribution < 1.29 is 0 Å². The molecule has 0 N–H and O–H groups in total. The Hall–Kier alpha value is -3.30. The number of anilines is 3. The fourth-order valence-electron chi connectivity index (χ4n) is 4.48. The molecule has 0 aliphatic carbocycles. The van der Waals surface area contributed by atoms with Crippen molar-refractivity contribution in [2.45, 2.75) is 0 Å². The summed E-state index contributed by atoms with van der Waals surface area (Å²) in [5, 5.41) is 3.79. The Labute approximate surface area is 212 Å². The standard InChI is InChI=1S/C30H19Cl2NS/c31-21-16-20(17-22(32)18-21)25-10-4-6-12-28(25)33(23-8-2-1-3-9-23)24-14-15-30-27(19-24)26-11-5-7-13-29(26)34-30/h1-19H. The third-order valence-corrected chi connectivity index (χ3v) is 7.54. The topological polar surface area (TPSA) is 3.24 Å². The molecule has 0 aliphatic heterocycles. The fraction of sp³-hybridized carbons (Fsp3) is 0. The number of thiophene rings is 1. The highest BCUT2D eigenvalue weighted by Gasteiger charge is 2.18. The first-order valence-corrected chi connectivity index (χ1v) is 12.6. The highest BCUT2D eigenvalue weighted by Crippen LogP contribution is 2.44.